The maximum absolute atomic E-state index is 12.1. The van der Waals surface area contributed by atoms with Crippen LogP contribution in [0.15, 0.2) is 30.3 Å². The van der Waals surface area contributed by atoms with Crippen LogP contribution in [-0.2, 0) is 26.0 Å². The van der Waals surface area contributed by atoms with Crippen molar-refractivity contribution in [3.63, 3.8) is 0 Å². The molecule has 1 rings (SSSR count). The molecule has 0 bridgehead atoms. The number of sulfonamides is 1. The molecule has 0 fully saturated rings. The predicted octanol–water partition coefficient (Wildman–Crippen LogP) is 0.126. The zero-order valence-electron chi connectivity index (χ0n) is 12.7. The first-order chi connectivity index (χ1) is 10.0. The first-order valence-electron chi connectivity index (χ1n) is 6.58. The molecular formula is C14H20N2O5S. The lowest BCUT2D eigenvalue weighted by Crippen LogP contribution is -2.57. The van der Waals surface area contributed by atoms with E-state index in [2.05, 4.69) is 10.0 Å². The van der Waals surface area contributed by atoms with E-state index in [9.17, 15) is 23.1 Å². The zero-order chi connectivity index (χ0) is 17.0. The molecule has 0 aliphatic carbocycles. The molecule has 1 amide bonds. The number of aliphatic carboxylic acids is 1. The Morgan fingerprint density at radius 3 is 2.23 bits per heavy atom. The molecule has 0 aromatic heterocycles. The molecule has 0 heterocycles. The van der Waals surface area contributed by atoms with Crippen molar-refractivity contribution in [3.8, 4) is 0 Å². The molecule has 7 nitrogen and oxygen atoms in total. The third kappa shape index (κ3) is 5.82. The molecule has 1 aromatic rings. The van der Waals surface area contributed by atoms with Gasteiger partial charge in [0, 0.05) is 6.42 Å². The van der Waals surface area contributed by atoms with Gasteiger partial charge in [-0.3, -0.25) is 4.79 Å². The molecule has 1 unspecified atom stereocenters. The van der Waals surface area contributed by atoms with Crippen LogP contribution in [0.25, 0.3) is 0 Å². The van der Waals surface area contributed by atoms with Crippen molar-refractivity contribution in [3.05, 3.63) is 35.9 Å². The van der Waals surface area contributed by atoms with Gasteiger partial charge in [0.1, 0.15) is 11.6 Å². The smallest absolute Gasteiger partial charge is 0.326 e. The van der Waals surface area contributed by atoms with E-state index >= 15 is 0 Å². The van der Waals surface area contributed by atoms with Gasteiger partial charge in [-0.25, -0.2) is 17.9 Å². The molecule has 1 atom stereocenters. The first kappa shape index (κ1) is 18.1. The summed E-state index contributed by atoms with van der Waals surface area (Å²) in [4.78, 5) is 23.4. The molecule has 0 saturated carbocycles. The zero-order valence-corrected chi connectivity index (χ0v) is 13.5. The number of rotatable bonds is 7. The molecule has 0 saturated heterocycles. The van der Waals surface area contributed by atoms with Gasteiger partial charge in [0.05, 0.1) is 6.26 Å². The van der Waals surface area contributed by atoms with E-state index in [1.165, 1.54) is 13.8 Å². The van der Waals surface area contributed by atoms with Gasteiger partial charge in [-0.1, -0.05) is 30.3 Å². The summed E-state index contributed by atoms with van der Waals surface area (Å²) in [5.41, 5.74) is -0.693. The quantitative estimate of drug-likeness (QED) is 0.658. The highest BCUT2D eigenvalue weighted by Gasteiger charge is 2.33. The van der Waals surface area contributed by atoms with Gasteiger partial charge in [-0.2, -0.15) is 0 Å². The molecule has 0 aliphatic heterocycles. The molecule has 0 spiro atoms. The fourth-order valence-electron chi connectivity index (χ4n) is 1.90. The number of amides is 1. The molecule has 8 heteroatoms. The summed E-state index contributed by atoms with van der Waals surface area (Å²) in [6.07, 6.45) is 1.04. The van der Waals surface area contributed by atoms with Crippen molar-refractivity contribution in [2.75, 3.05) is 6.26 Å². The van der Waals surface area contributed by atoms with Gasteiger partial charge < -0.3 is 10.4 Å². The highest BCUT2D eigenvalue weighted by atomic mass is 32.2. The Kier molecular flexibility index (Phi) is 5.67. The average molecular weight is 328 g/mol. The number of carbonyl (C=O) groups is 2. The molecule has 0 radical (unpaired) electrons. The van der Waals surface area contributed by atoms with E-state index in [1.54, 1.807) is 30.3 Å². The van der Waals surface area contributed by atoms with Crippen LogP contribution in [0.4, 0.5) is 0 Å². The second-order valence-corrected chi connectivity index (χ2v) is 7.30. The van der Waals surface area contributed by atoms with Gasteiger partial charge in [-0.15, -0.1) is 0 Å². The number of benzene rings is 1. The van der Waals surface area contributed by atoms with Gasteiger partial charge in [0.25, 0.3) is 0 Å². The Bertz CT molecular complexity index is 640. The van der Waals surface area contributed by atoms with Crippen LogP contribution in [0.2, 0.25) is 0 Å². The minimum absolute atomic E-state index is 0.108. The predicted molar refractivity (Wildman–Crippen MR) is 81.8 cm³/mol. The fourth-order valence-corrected chi connectivity index (χ4v) is 2.92. The molecule has 22 heavy (non-hydrogen) atoms. The number of hydrogen-bond acceptors (Lipinski definition) is 4. The highest BCUT2D eigenvalue weighted by molar-refractivity contribution is 7.88. The highest BCUT2D eigenvalue weighted by Crippen LogP contribution is 2.08. The van der Waals surface area contributed by atoms with Gasteiger partial charge in [0.15, 0.2) is 0 Å². The standard InChI is InChI=1S/C14H20N2O5S/c1-14(2,16-22(3,20)21)13(19)15-11(12(17)18)9-10-7-5-4-6-8-10/h4-8,11,16H,9H2,1-3H3,(H,15,19)(H,17,18). The van der Waals surface area contributed by atoms with E-state index in [1.807, 2.05) is 0 Å². The molecule has 3 N–H and O–H groups in total. The van der Waals surface area contributed by atoms with Crippen LogP contribution in [0.3, 0.4) is 0 Å². The minimum Gasteiger partial charge on any atom is -0.480 e. The summed E-state index contributed by atoms with van der Waals surface area (Å²) >= 11 is 0. The number of carboxylic acid groups (broad SMARTS) is 1. The van der Waals surface area contributed by atoms with E-state index < -0.39 is 33.5 Å². The lowest BCUT2D eigenvalue weighted by Gasteiger charge is -2.26. The van der Waals surface area contributed by atoms with Crippen molar-refractivity contribution in [1.29, 1.82) is 0 Å². The molecule has 122 valence electrons. The summed E-state index contributed by atoms with van der Waals surface area (Å²) in [6.45, 7) is 2.73. The van der Waals surface area contributed by atoms with Gasteiger partial charge >= 0.3 is 5.97 Å². The van der Waals surface area contributed by atoms with Crippen LogP contribution in [0.5, 0.6) is 0 Å². The molecular weight excluding hydrogens is 308 g/mol. The van der Waals surface area contributed by atoms with Crippen LogP contribution in [0, 0.1) is 0 Å². The number of carboxylic acids is 1. The van der Waals surface area contributed by atoms with Crippen LogP contribution >= 0.6 is 0 Å². The Morgan fingerprint density at radius 1 is 1.23 bits per heavy atom. The summed E-state index contributed by atoms with van der Waals surface area (Å²) in [6, 6.07) is 7.70. The van der Waals surface area contributed by atoms with E-state index in [0.29, 0.717) is 0 Å². The van der Waals surface area contributed by atoms with Crippen molar-refractivity contribution in [2.24, 2.45) is 0 Å². The Balaban J connectivity index is 2.83. The van der Waals surface area contributed by atoms with Crippen molar-refractivity contribution in [2.45, 2.75) is 31.8 Å². The average Bonchev–Trinajstić information content (AvgIpc) is 2.36. The number of hydrogen-bond donors (Lipinski definition) is 3. The van der Waals surface area contributed by atoms with E-state index in [0.717, 1.165) is 11.8 Å². The van der Waals surface area contributed by atoms with E-state index in [4.69, 9.17) is 0 Å². The lowest BCUT2D eigenvalue weighted by molar-refractivity contribution is -0.142. The monoisotopic (exact) mass is 328 g/mol. The van der Waals surface area contributed by atoms with Crippen molar-refractivity contribution in [1.82, 2.24) is 10.0 Å². The second-order valence-electron chi connectivity index (χ2n) is 5.55. The summed E-state index contributed by atoms with van der Waals surface area (Å²) in [5.74, 6) is -1.89. The van der Waals surface area contributed by atoms with Crippen LogP contribution in [0.1, 0.15) is 19.4 Å². The molecule has 0 aliphatic rings. The van der Waals surface area contributed by atoms with Crippen molar-refractivity contribution >= 4 is 21.9 Å². The Labute approximate surface area is 129 Å². The van der Waals surface area contributed by atoms with Gasteiger partial charge in [-0.05, 0) is 19.4 Å². The van der Waals surface area contributed by atoms with Crippen molar-refractivity contribution < 1.29 is 23.1 Å². The van der Waals surface area contributed by atoms with Crippen LogP contribution < -0.4 is 10.0 Å². The second kappa shape index (κ2) is 6.89. The largest absolute Gasteiger partial charge is 0.480 e. The van der Waals surface area contributed by atoms with E-state index in [-0.39, 0.29) is 6.42 Å². The fraction of sp³-hybridized carbons (Fsp3) is 0.429. The Morgan fingerprint density at radius 2 is 1.77 bits per heavy atom. The maximum Gasteiger partial charge on any atom is 0.326 e. The van der Waals surface area contributed by atoms with Gasteiger partial charge in [0.2, 0.25) is 15.9 Å². The summed E-state index contributed by atoms with van der Waals surface area (Å²) in [7, 11) is -3.60. The summed E-state index contributed by atoms with van der Waals surface area (Å²) in [5, 5.41) is 11.6. The third-order valence-corrected chi connectivity index (χ3v) is 3.78. The minimum atomic E-state index is -3.60. The maximum atomic E-state index is 12.1. The number of nitrogens with one attached hydrogen (secondary N) is 2. The Hall–Kier alpha value is -1.93. The molecule has 1 aromatic carbocycles. The summed E-state index contributed by atoms with van der Waals surface area (Å²) < 4.78 is 24.7. The lowest BCUT2D eigenvalue weighted by atomic mass is 10.0. The first-order valence-corrected chi connectivity index (χ1v) is 8.47. The van der Waals surface area contributed by atoms with Crippen LogP contribution in [-0.4, -0.2) is 43.2 Å². The SMILES string of the molecule is CC(C)(NS(C)(=O)=O)C(=O)NC(Cc1ccccc1)C(=O)O. The third-order valence-electron chi connectivity index (χ3n) is 2.89. The normalized spacial score (nSPS) is 13.4. The topological polar surface area (TPSA) is 113 Å². The number of carbonyl (C=O) groups excluding carboxylic acids is 1.